The lowest BCUT2D eigenvalue weighted by molar-refractivity contribution is -0.147. The summed E-state index contributed by atoms with van der Waals surface area (Å²) in [6.07, 6.45) is 0.553. The van der Waals surface area contributed by atoms with Gasteiger partial charge in [0.1, 0.15) is 12.3 Å². The zero-order valence-corrected chi connectivity index (χ0v) is 14.3. The molecule has 0 bridgehead atoms. The number of carboxylic acids is 1. The Labute approximate surface area is 146 Å². The summed E-state index contributed by atoms with van der Waals surface area (Å²) in [5.41, 5.74) is 0.568. The van der Waals surface area contributed by atoms with E-state index in [0.29, 0.717) is 24.3 Å². The van der Waals surface area contributed by atoms with Gasteiger partial charge in [0.05, 0.1) is 11.6 Å². The summed E-state index contributed by atoms with van der Waals surface area (Å²) in [5.74, 6) is -1.38. The molecule has 1 aromatic rings. The molecule has 2 aliphatic heterocycles. The van der Waals surface area contributed by atoms with Crippen molar-refractivity contribution in [2.45, 2.75) is 38.8 Å². The molecule has 3 rings (SSSR count). The number of carbonyl (C=O) groups excluding carboxylic acids is 2. The standard InChI is InChI=1S/C18H22N2O5/c1-11-7-8-13(18(23)24)9-19(11)16(21)10-20-14-5-3-4-6-15(14)25-12(2)17(20)22/h3-6,11-13H,7-10H2,1-2H3,(H,23,24). The lowest BCUT2D eigenvalue weighted by atomic mass is 9.93. The fourth-order valence-corrected chi connectivity index (χ4v) is 3.40. The summed E-state index contributed by atoms with van der Waals surface area (Å²) in [6.45, 7) is 3.64. The average molecular weight is 346 g/mol. The maximum absolute atomic E-state index is 12.8. The van der Waals surface area contributed by atoms with Gasteiger partial charge in [-0.25, -0.2) is 0 Å². The van der Waals surface area contributed by atoms with Crippen molar-refractivity contribution < 1.29 is 24.2 Å². The summed E-state index contributed by atoms with van der Waals surface area (Å²) in [6, 6.07) is 7.07. The van der Waals surface area contributed by atoms with Crippen LogP contribution in [0.3, 0.4) is 0 Å². The number of nitrogens with zero attached hydrogens (tertiary/aromatic N) is 2. The minimum absolute atomic E-state index is 0.0353. The van der Waals surface area contributed by atoms with Crippen LogP contribution in [-0.2, 0) is 14.4 Å². The van der Waals surface area contributed by atoms with E-state index in [9.17, 15) is 19.5 Å². The fraction of sp³-hybridized carbons (Fsp3) is 0.500. The van der Waals surface area contributed by atoms with Crippen molar-refractivity contribution in [2.24, 2.45) is 5.92 Å². The van der Waals surface area contributed by atoms with Gasteiger partial charge in [-0.3, -0.25) is 19.3 Å². The molecule has 1 N–H and O–H groups in total. The lowest BCUT2D eigenvalue weighted by Gasteiger charge is -2.39. The second kappa shape index (κ2) is 6.74. The minimum Gasteiger partial charge on any atom is -0.481 e. The topological polar surface area (TPSA) is 87.2 Å². The first-order valence-electron chi connectivity index (χ1n) is 8.47. The van der Waals surface area contributed by atoms with Crippen molar-refractivity contribution in [1.82, 2.24) is 4.90 Å². The summed E-state index contributed by atoms with van der Waals surface area (Å²) >= 11 is 0. The van der Waals surface area contributed by atoms with Crippen LogP contribution < -0.4 is 9.64 Å². The highest BCUT2D eigenvalue weighted by Crippen LogP contribution is 2.34. The molecular weight excluding hydrogens is 324 g/mol. The molecule has 2 amide bonds. The number of para-hydroxylation sites is 2. The highest BCUT2D eigenvalue weighted by atomic mass is 16.5. The molecule has 1 aromatic carbocycles. The zero-order valence-electron chi connectivity index (χ0n) is 14.3. The average Bonchev–Trinajstić information content (AvgIpc) is 2.58. The molecule has 2 heterocycles. The second-order valence-electron chi connectivity index (χ2n) is 6.66. The number of likely N-dealkylation sites (tertiary alicyclic amines) is 1. The highest BCUT2D eigenvalue weighted by molar-refractivity contribution is 6.03. The Morgan fingerprint density at radius 2 is 1.96 bits per heavy atom. The van der Waals surface area contributed by atoms with E-state index < -0.39 is 18.0 Å². The third kappa shape index (κ3) is 3.31. The molecule has 3 unspecified atom stereocenters. The number of piperidine rings is 1. The van der Waals surface area contributed by atoms with E-state index in [1.54, 1.807) is 30.0 Å². The molecule has 25 heavy (non-hydrogen) atoms. The number of aliphatic carboxylic acids is 1. The maximum Gasteiger partial charge on any atom is 0.308 e. The summed E-state index contributed by atoms with van der Waals surface area (Å²) in [4.78, 5) is 39.6. The van der Waals surface area contributed by atoms with Gasteiger partial charge in [0.15, 0.2) is 6.10 Å². The lowest BCUT2D eigenvalue weighted by Crippen LogP contribution is -2.53. The Balaban J connectivity index is 1.80. The fourth-order valence-electron chi connectivity index (χ4n) is 3.40. The normalized spacial score (nSPS) is 26.0. The first-order chi connectivity index (χ1) is 11.9. The summed E-state index contributed by atoms with van der Waals surface area (Å²) < 4.78 is 5.58. The number of benzene rings is 1. The molecule has 134 valence electrons. The van der Waals surface area contributed by atoms with Crippen LogP contribution in [0.5, 0.6) is 5.75 Å². The van der Waals surface area contributed by atoms with Crippen LogP contribution in [0.15, 0.2) is 24.3 Å². The van der Waals surface area contributed by atoms with Gasteiger partial charge >= 0.3 is 5.97 Å². The van der Waals surface area contributed by atoms with E-state index in [-0.39, 0.29) is 30.9 Å². The van der Waals surface area contributed by atoms with Crippen molar-refractivity contribution in [2.75, 3.05) is 18.0 Å². The van der Waals surface area contributed by atoms with Crippen molar-refractivity contribution in [3.8, 4) is 5.75 Å². The monoisotopic (exact) mass is 346 g/mol. The highest BCUT2D eigenvalue weighted by Gasteiger charge is 2.37. The van der Waals surface area contributed by atoms with E-state index in [0.717, 1.165) is 0 Å². The Bertz CT molecular complexity index is 704. The third-order valence-electron chi connectivity index (χ3n) is 4.92. The van der Waals surface area contributed by atoms with E-state index in [1.807, 2.05) is 13.0 Å². The SMILES string of the molecule is CC1Oc2ccccc2N(CC(=O)N2CC(C(=O)O)CCC2C)C1=O. The van der Waals surface area contributed by atoms with Gasteiger partial charge in [-0.1, -0.05) is 12.1 Å². The number of ether oxygens (including phenoxy) is 1. The molecule has 0 spiro atoms. The molecule has 7 heteroatoms. The zero-order chi connectivity index (χ0) is 18.1. The third-order valence-corrected chi connectivity index (χ3v) is 4.92. The van der Waals surface area contributed by atoms with E-state index in [1.165, 1.54) is 4.90 Å². The number of hydrogen-bond acceptors (Lipinski definition) is 4. The van der Waals surface area contributed by atoms with Crippen LogP contribution >= 0.6 is 0 Å². The van der Waals surface area contributed by atoms with E-state index in [2.05, 4.69) is 0 Å². The van der Waals surface area contributed by atoms with Gasteiger partial charge in [-0.2, -0.15) is 0 Å². The van der Waals surface area contributed by atoms with Crippen LogP contribution in [0.2, 0.25) is 0 Å². The van der Waals surface area contributed by atoms with Gasteiger partial charge in [0.2, 0.25) is 5.91 Å². The first-order valence-corrected chi connectivity index (χ1v) is 8.47. The molecule has 3 atom stereocenters. The Morgan fingerprint density at radius 1 is 1.24 bits per heavy atom. The van der Waals surface area contributed by atoms with Crippen LogP contribution in [0, 0.1) is 5.92 Å². The van der Waals surface area contributed by atoms with E-state index >= 15 is 0 Å². The number of fused-ring (bicyclic) bond motifs is 1. The molecule has 7 nitrogen and oxygen atoms in total. The van der Waals surface area contributed by atoms with Crippen molar-refractivity contribution >= 4 is 23.5 Å². The summed E-state index contributed by atoms with van der Waals surface area (Å²) in [7, 11) is 0. The predicted octanol–water partition coefficient (Wildman–Crippen LogP) is 1.51. The van der Waals surface area contributed by atoms with Crippen LogP contribution in [0.25, 0.3) is 0 Å². The molecule has 2 aliphatic rings. The number of anilines is 1. The molecule has 0 radical (unpaired) electrons. The van der Waals surface area contributed by atoms with Crippen LogP contribution in [-0.4, -0.2) is 53.0 Å². The maximum atomic E-state index is 12.8. The predicted molar refractivity (Wildman–Crippen MR) is 90.4 cm³/mol. The molecular formula is C18H22N2O5. The van der Waals surface area contributed by atoms with Gasteiger partial charge in [0, 0.05) is 12.6 Å². The quantitative estimate of drug-likeness (QED) is 0.896. The number of amides is 2. The molecule has 0 aliphatic carbocycles. The number of rotatable bonds is 3. The second-order valence-corrected chi connectivity index (χ2v) is 6.66. The van der Waals surface area contributed by atoms with Gasteiger partial charge < -0.3 is 14.7 Å². The van der Waals surface area contributed by atoms with Crippen molar-refractivity contribution in [3.05, 3.63) is 24.3 Å². The Morgan fingerprint density at radius 3 is 2.68 bits per heavy atom. The van der Waals surface area contributed by atoms with Crippen molar-refractivity contribution in [1.29, 1.82) is 0 Å². The smallest absolute Gasteiger partial charge is 0.308 e. The molecule has 1 saturated heterocycles. The number of carboxylic acid groups (broad SMARTS) is 1. The van der Waals surface area contributed by atoms with Gasteiger partial charge in [-0.05, 0) is 38.8 Å². The molecule has 0 aromatic heterocycles. The minimum atomic E-state index is -0.883. The number of carbonyl (C=O) groups is 3. The summed E-state index contributed by atoms with van der Waals surface area (Å²) in [5, 5.41) is 9.23. The molecule has 1 fully saturated rings. The number of hydrogen-bond donors (Lipinski definition) is 1. The van der Waals surface area contributed by atoms with Crippen LogP contribution in [0.1, 0.15) is 26.7 Å². The van der Waals surface area contributed by atoms with E-state index in [4.69, 9.17) is 4.74 Å². The Hall–Kier alpha value is -2.57. The largest absolute Gasteiger partial charge is 0.481 e. The first kappa shape index (κ1) is 17.3. The van der Waals surface area contributed by atoms with Crippen molar-refractivity contribution in [3.63, 3.8) is 0 Å². The van der Waals surface area contributed by atoms with Crippen LogP contribution in [0.4, 0.5) is 5.69 Å². The van der Waals surface area contributed by atoms with Gasteiger partial charge in [-0.15, -0.1) is 0 Å². The molecule has 0 saturated carbocycles. The van der Waals surface area contributed by atoms with Gasteiger partial charge in [0.25, 0.3) is 5.91 Å². The Kier molecular flexibility index (Phi) is 4.65.